The van der Waals surface area contributed by atoms with E-state index in [1.165, 1.54) is 0 Å². The third-order valence-electron chi connectivity index (χ3n) is 7.14. The van der Waals surface area contributed by atoms with Gasteiger partial charge < -0.3 is 24.8 Å². The van der Waals surface area contributed by atoms with Crippen molar-refractivity contribution in [2.45, 2.75) is 50.6 Å². The lowest BCUT2D eigenvalue weighted by Crippen LogP contribution is -2.53. The van der Waals surface area contributed by atoms with Crippen molar-refractivity contribution >= 4 is 35.0 Å². The average molecular weight is 503 g/mol. The van der Waals surface area contributed by atoms with Crippen molar-refractivity contribution in [1.29, 1.82) is 0 Å². The molecule has 4 rings (SSSR count). The number of thioether (sulfide) groups is 1. The van der Waals surface area contributed by atoms with E-state index in [2.05, 4.69) is 22.2 Å². The zero-order chi connectivity index (χ0) is 25.3. The standard InChI is InChI=1S/C26H38N4O4S/c1-26(2,3)14-19(25(33)30-15-21(35-5)23-22(30)20(31)16-34-23)27-24(32)17-6-8-18(9-7-17)29-12-10-28(4)11-13-29/h6-9,19,21-23H,10-16H2,1-5H3,(H,27,32)/t19-,21-,22+,23+/m0/s1. The van der Waals surface area contributed by atoms with E-state index in [1.54, 1.807) is 16.7 Å². The Morgan fingerprint density at radius 1 is 1.14 bits per heavy atom. The molecule has 3 fully saturated rings. The van der Waals surface area contributed by atoms with Gasteiger partial charge in [0.1, 0.15) is 18.7 Å². The van der Waals surface area contributed by atoms with Gasteiger partial charge in [0.15, 0.2) is 5.78 Å². The van der Waals surface area contributed by atoms with Crippen LogP contribution >= 0.6 is 11.8 Å². The molecule has 0 aromatic heterocycles. The molecule has 4 atom stereocenters. The molecule has 3 aliphatic rings. The molecule has 8 nitrogen and oxygen atoms in total. The van der Waals surface area contributed by atoms with Crippen molar-refractivity contribution in [1.82, 2.24) is 15.1 Å². The molecular weight excluding hydrogens is 464 g/mol. The molecule has 0 aliphatic carbocycles. The molecule has 9 heteroatoms. The summed E-state index contributed by atoms with van der Waals surface area (Å²) in [5, 5.41) is 3.05. The van der Waals surface area contributed by atoms with Gasteiger partial charge in [0.2, 0.25) is 5.91 Å². The fraction of sp³-hybridized carbons (Fsp3) is 0.654. The molecule has 3 heterocycles. The van der Waals surface area contributed by atoms with Crippen LogP contribution in [0.5, 0.6) is 0 Å². The fourth-order valence-corrected chi connectivity index (χ4v) is 5.99. The summed E-state index contributed by atoms with van der Waals surface area (Å²) in [6.45, 7) is 10.6. The topological polar surface area (TPSA) is 82.2 Å². The predicted octanol–water partition coefficient (Wildman–Crippen LogP) is 1.88. The van der Waals surface area contributed by atoms with Crippen LogP contribution in [0.4, 0.5) is 5.69 Å². The first kappa shape index (κ1) is 26.0. The van der Waals surface area contributed by atoms with Gasteiger partial charge in [0.05, 0.1) is 11.4 Å². The zero-order valence-electron chi connectivity index (χ0n) is 21.5. The number of ether oxygens (including phenoxy) is 1. The highest BCUT2D eigenvalue weighted by Gasteiger charge is 2.53. The lowest BCUT2D eigenvalue weighted by atomic mass is 9.87. The molecule has 1 N–H and O–H groups in total. The van der Waals surface area contributed by atoms with E-state index in [0.29, 0.717) is 18.5 Å². The van der Waals surface area contributed by atoms with Crippen LogP contribution in [0.1, 0.15) is 37.6 Å². The number of carbonyl (C=O) groups is 3. The normalized spacial score (nSPS) is 26.1. The molecular formula is C26H38N4O4S. The quantitative estimate of drug-likeness (QED) is 0.636. The lowest BCUT2D eigenvalue weighted by Gasteiger charge is -2.34. The number of anilines is 1. The maximum absolute atomic E-state index is 13.7. The molecule has 2 amide bonds. The lowest BCUT2D eigenvalue weighted by molar-refractivity contribution is -0.138. The molecule has 0 spiro atoms. The Labute approximate surface area is 212 Å². The monoisotopic (exact) mass is 502 g/mol. The van der Waals surface area contributed by atoms with Gasteiger partial charge in [-0.15, -0.1) is 0 Å². The number of hydrogen-bond donors (Lipinski definition) is 1. The molecule has 0 unspecified atom stereocenters. The largest absolute Gasteiger partial charge is 0.369 e. The van der Waals surface area contributed by atoms with Gasteiger partial charge in [0.25, 0.3) is 5.91 Å². The second-order valence-electron chi connectivity index (χ2n) is 11.1. The highest BCUT2D eigenvalue weighted by Crippen LogP contribution is 2.34. The van der Waals surface area contributed by atoms with Crippen LogP contribution in [0.15, 0.2) is 24.3 Å². The first-order chi connectivity index (χ1) is 16.6. The summed E-state index contributed by atoms with van der Waals surface area (Å²) in [6.07, 6.45) is 2.18. The molecule has 192 valence electrons. The van der Waals surface area contributed by atoms with Gasteiger partial charge >= 0.3 is 0 Å². The molecule has 0 radical (unpaired) electrons. The number of likely N-dealkylation sites (tertiary alicyclic amines) is 1. The number of rotatable bonds is 6. The summed E-state index contributed by atoms with van der Waals surface area (Å²) in [7, 11) is 2.12. The summed E-state index contributed by atoms with van der Waals surface area (Å²) in [4.78, 5) is 45.7. The Bertz CT molecular complexity index is 940. The van der Waals surface area contributed by atoms with E-state index in [0.717, 1.165) is 31.9 Å². The SMILES string of the molecule is CS[C@H]1CN(C(=O)[C@H](CC(C)(C)C)NC(=O)c2ccc(N3CCN(C)CC3)cc2)[C@@H]2C(=O)CO[C@H]12. The summed E-state index contributed by atoms with van der Waals surface area (Å²) in [6, 6.07) is 6.33. The van der Waals surface area contributed by atoms with E-state index >= 15 is 0 Å². The highest BCUT2D eigenvalue weighted by molar-refractivity contribution is 7.99. The van der Waals surface area contributed by atoms with Crippen LogP contribution in [0.2, 0.25) is 0 Å². The van der Waals surface area contributed by atoms with E-state index < -0.39 is 12.1 Å². The van der Waals surface area contributed by atoms with Crippen molar-refractivity contribution in [2.24, 2.45) is 5.41 Å². The summed E-state index contributed by atoms with van der Waals surface area (Å²) >= 11 is 1.62. The smallest absolute Gasteiger partial charge is 0.251 e. The third-order valence-corrected chi connectivity index (χ3v) is 8.16. The minimum Gasteiger partial charge on any atom is -0.369 e. The number of benzene rings is 1. The number of nitrogens with zero attached hydrogens (tertiary/aromatic N) is 3. The first-order valence-corrected chi connectivity index (χ1v) is 13.7. The van der Waals surface area contributed by atoms with Crippen LogP contribution in [-0.4, -0.2) is 103 Å². The Morgan fingerprint density at radius 3 is 2.40 bits per heavy atom. The summed E-state index contributed by atoms with van der Waals surface area (Å²) in [5.41, 5.74) is 1.44. The molecule has 1 aromatic carbocycles. The van der Waals surface area contributed by atoms with Crippen molar-refractivity contribution in [2.75, 3.05) is 57.5 Å². The molecule has 0 saturated carbocycles. The molecule has 0 bridgehead atoms. The number of piperazine rings is 1. The highest BCUT2D eigenvalue weighted by atomic mass is 32.2. The van der Waals surface area contributed by atoms with Crippen molar-refractivity contribution < 1.29 is 19.1 Å². The van der Waals surface area contributed by atoms with Crippen molar-refractivity contribution in [3.05, 3.63) is 29.8 Å². The summed E-state index contributed by atoms with van der Waals surface area (Å²) in [5.74, 6) is -0.531. The van der Waals surface area contributed by atoms with E-state index in [-0.39, 0.29) is 41.0 Å². The maximum Gasteiger partial charge on any atom is 0.251 e. The van der Waals surface area contributed by atoms with Crippen molar-refractivity contribution in [3.8, 4) is 0 Å². The van der Waals surface area contributed by atoms with Gasteiger partial charge in [-0.05, 0) is 49.4 Å². The van der Waals surface area contributed by atoms with Gasteiger partial charge in [-0.25, -0.2) is 0 Å². The Kier molecular flexibility index (Phi) is 7.78. The van der Waals surface area contributed by atoms with E-state index in [1.807, 2.05) is 51.3 Å². The number of nitrogens with one attached hydrogen (secondary N) is 1. The molecule has 3 saturated heterocycles. The van der Waals surface area contributed by atoms with Gasteiger partial charge in [-0.1, -0.05) is 20.8 Å². The maximum atomic E-state index is 13.7. The van der Waals surface area contributed by atoms with Crippen LogP contribution in [-0.2, 0) is 14.3 Å². The second kappa shape index (κ2) is 10.5. The summed E-state index contributed by atoms with van der Waals surface area (Å²) < 4.78 is 5.71. The fourth-order valence-electron chi connectivity index (χ4n) is 5.19. The number of Topliss-reactive ketones (excluding diaryl/α,β-unsaturated/α-hetero) is 1. The van der Waals surface area contributed by atoms with Gasteiger partial charge in [-0.3, -0.25) is 14.4 Å². The van der Waals surface area contributed by atoms with Crippen molar-refractivity contribution in [3.63, 3.8) is 0 Å². The van der Waals surface area contributed by atoms with Gasteiger partial charge in [-0.2, -0.15) is 11.8 Å². The number of amides is 2. The van der Waals surface area contributed by atoms with Crippen LogP contribution in [0.25, 0.3) is 0 Å². The second-order valence-corrected chi connectivity index (χ2v) is 12.2. The number of carbonyl (C=O) groups excluding carboxylic acids is 3. The minimum atomic E-state index is -0.713. The molecule has 1 aromatic rings. The average Bonchev–Trinajstić information content (AvgIpc) is 3.38. The number of fused-ring (bicyclic) bond motifs is 1. The van der Waals surface area contributed by atoms with Crippen LogP contribution < -0.4 is 10.2 Å². The van der Waals surface area contributed by atoms with Crippen LogP contribution in [0, 0.1) is 5.41 Å². The third kappa shape index (κ3) is 5.84. The predicted molar refractivity (Wildman–Crippen MR) is 139 cm³/mol. The van der Waals surface area contributed by atoms with E-state index in [4.69, 9.17) is 4.74 Å². The minimum absolute atomic E-state index is 0.0477. The number of likely N-dealkylation sites (N-methyl/N-ethyl adjacent to an activating group) is 1. The number of ketones is 1. The zero-order valence-corrected chi connectivity index (χ0v) is 22.3. The Balaban J connectivity index is 1.48. The van der Waals surface area contributed by atoms with Crippen LogP contribution in [0.3, 0.4) is 0 Å². The van der Waals surface area contributed by atoms with E-state index in [9.17, 15) is 14.4 Å². The molecule has 3 aliphatic heterocycles. The Hall–Kier alpha value is -2.10. The molecule has 35 heavy (non-hydrogen) atoms. The first-order valence-electron chi connectivity index (χ1n) is 12.4. The Morgan fingerprint density at radius 2 is 1.80 bits per heavy atom. The van der Waals surface area contributed by atoms with Gasteiger partial charge in [0, 0.05) is 44.0 Å². The number of hydrogen-bond acceptors (Lipinski definition) is 7.